The average molecular weight is 410 g/mol. The standard InChI is InChI=1S/C21H18F3NO2.ClH/c22-21(23,24)15-5-3-4-14(12-15)20(13-8-10-25-11-9-13)18(26)16-6-1-2-7-17(16)19(20)27;/h1-7,12-13,25H,8-11H2;1H. The Morgan fingerprint density at radius 1 is 0.893 bits per heavy atom. The minimum Gasteiger partial charge on any atom is -0.317 e. The molecule has 4 rings (SSSR count). The summed E-state index contributed by atoms with van der Waals surface area (Å²) in [5.74, 6) is -1.10. The summed E-state index contributed by atoms with van der Waals surface area (Å²) in [5.41, 5.74) is -1.66. The van der Waals surface area contributed by atoms with Crippen molar-refractivity contribution < 1.29 is 22.8 Å². The number of alkyl halides is 3. The van der Waals surface area contributed by atoms with Crippen molar-refractivity contribution in [2.45, 2.75) is 24.4 Å². The van der Waals surface area contributed by atoms with Crippen LogP contribution in [0.2, 0.25) is 0 Å². The number of benzene rings is 2. The van der Waals surface area contributed by atoms with E-state index < -0.39 is 17.2 Å². The smallest absolute Gasteiger partial charge is 0.317 e. The summed E-state index contributed by atoms with van der Waals surface area (Å²) in [4.78, 5) is 26.9. The van der Waals surface area contributed by atoms with Crippen LogP contribution >= 0.6 is 12.4 Å². The molecule has 0 aromatic heterocycles. The predicted octanol–water partition coefficient (Wildman–Crippen LogP) is 4.44. The van der Waals surface area contributed by atoms with E-state index in [1.807, 2.05) is 0 Å². The van der Waals surface area contributed by atoms with E-state index in [0.717, 1.165) is 12.1 Å². The molecule has 0 unspecified atom stereocenters. The molecule has 1 heterocycles. The first-order valence-corrected chi connectivity index (χ1v) is 8.94. The van der Waals surface area contributed by atoms with Crippen LogP contribution in [0, 0.1) is 5.92 Å². The van der Waals surface area contributed by atoms with E-state index in [2.05, 4.69) is 5.32 Å². The van der Waals surface area contributed by atoms with Crippen LogP contribution in [0.3, 0.4) is 0 Å². The molecule has 0 bridgehead atoms. The average Bonchev–Trinajstić information content (AvgIpc) is 2.91. The summed E-state index contributed by atoms with van der Waals surface area (Å²) >= 11 is 0. The van der Waals surface area contributed by atoms with Crippen molar-refractivity contribution in [3.05, 3.63) is 70.8 Å². The second-order valence-corrected chi connectivity index (χ2v) is 7.11. The molecule has 0 atom stereocenters. The number of halogens is 4. The van der Waals surface area contributed by atoms with Crippen molar-refractivity contribution in [1.29, 1.82) is 0 Å². The van der Waals surface area contributed by atoms with Crippen LogP contribution in [0.1, 0.15) is 44.7 Å². The number of hydrogen-bond donors (Lipinski definition) is 1. The maximum atomic E-state index is 13.5. The zero-order valence-electron chi connectivity index (χ0n) is 14.9. The van der Waals surface area contributed by atoms with Gasteiger partial charge in [0.05, 0.1) is 5.56 Å². The van der Waals surface area contributed by atoms with E-state index in [1.165, 1.54) is 12.1 Å². The molecule has 0 saturated carbocycles. The third kappa shape index (κ3) is 2.95. The van der Waals surface area contributed by atoms with Crippen LogP contribution < -0.4 is 5.32 Å². The predicted molar refractivity (Wildman–Crippen MR) is 101 cm³/mol. The highest BCUT2D eigenvalue weighted by molar-refractivity contribution is 6.33. The summed E-state index contributed by atoms with van der Waals surface area (Å²) in [6, 6.07) is 11.2. The van der Waals surface area contributed by atoms with E-state index in [-0.39, 0.29) is 35.5 Å². The van der Waals surface area contributed by atoms with E-state index in [0.29, 0.717) is 37.1 Å². The summed E-state index contributed by atoms with van der Waals surface area (Å²) in [7, 11) is 0. The molecule has 1 aliphatic carbocycles. The highest BCUT2D eigenvalue weighted by atomic mass is 35.5. The first-order valence-electron chi connectivity index (χ1n) is 8.94. The summed E-state index contributed by atoms with van der Waals surface area (Å²) in [5, 5.41) is 3.19. The van der Waals surface area contributed by atoms with Crippen molar-refractivity contribution >= 4 is 24.0 Å². The Balaban J connectivity index is 0.00000225. The van der Waals surface area contributed by atoms with Crippen LogP contribution in [-0.4, -0.2) is 24.7 Å². The third-order valence-electron chi connectivity index (χ3n) is 5.73. The van der Waals surface area contributed by atoms with Gasteiger partial charge in [0.1, 0.15) is 5.41 Å². The summed E-state index contributed by atoms with van der Waals surface area (Å²) in [6.07, 6.45) is -3.42. The lowest BCUT2D eigenvalue weighted by Crippen LogP contribution is -2.49. The lowest BCUT2D eigenvalue weighted by Gasteiger charge is -2.38. The van der Waals surface area contributed by atoms with Gasteiger partial charge >= 0.3 is 6.18 Å². The van der Waals surface area contributed by atoms with Gasteiger partial charge in [-0.25, -0.2) is 0 Å². The molecule has 0 amide bonds. The van der Waals surface area contributed by atoms with Gasteiger partial charge in [-0.2, -0.15) is 13.2 Å². The first kappa shape index (κ1) is 20.6. The number of rotatable bonds is 2. The van der Waals surface area contributed by atoms with E-state index in [1.54, 1.807) is 24.3 Å². The monoisotopic (exact) mass is 409 g/mol. The molecule has 2 aliphatic rings. The normalized spacial score (nSPS) is 19.2. The van der Waals surface area contributed by atoms with Crippen molar-refractivity contribution in [2.24, 2.45) is 5.92 Å². The van der Waals surface area contributed by atoms with E-state index >= 15 is 0 Å². The first-order chi connectivity index (χ1) is 12.9. The van der Waals surface area contributed by atoms with Crippen LogP contribution in [-0.2, 0) is 11.6 Å². The second kappa shape index (κ2) is 7.33. The van der Waals surface area contributed by atoms with Crippen LogP contribution in [0.5, 0.6) is 0 Å². The molecule has 148 valence electrons. The molecular formula is C21H19ClF3NO2. The zero-order chi connectivity index (χ0) is 19.2. The number of nitrogens with one attached hydrogen (secondary N) is 1. The number of fused-ring (bicyclic) bond motifs is 1. The minimum atomic E-state index is -4.54. The molecule has 1 fully saturated rings. The Labute approximate surface area is 166 Å². The summed E-state index contributed by atoms with van der Waals surface area (Å²) < 4.78 is 39.9. The molecule has 7 heteroatoms. The van der Waals surface area contributed by atoms with Crippen molar-refractivity contribution in [3.63, 3.8) is 0 Å². The quantitative estimate of drug-likeness (QED) is 0.746. The highest BCUT2D eigenvalue weighted by Crippen LogP contribution is 2.48. The Morgan fingerprint density at radius 3 is 2.00 bits per heavy atom. The van der Waals surface area contributed by atoms with Gasteiger partial charge in [-0.1, -0.05) is 42.5 Å². The Bertz CT molecular complexity index is 885. The van der Waals surface area contributed by atoms with Gasteiger partial charge in [-0.3, -0.25) is 9.59 Å². The van der Waals surface area contributed by atoms with Gasteiger partial charge in [-0.15, -0.1) is 12.4 Å². The van der Waals surface area contributed by atoms with Crippen LogP contribution in [0.4, 0.5) is 13.2 Å². The number of hydrogen-bond acceptors (Lipinski definition) is 3. The molecule has 1 saturated heterocycles. The van der Waals surface area contributed by atoms with Gasteiger partial charge in [0.15, 0.2) is 11.6 Å². The van der Waals surface area contributed by atoms with Gasteiger partial charge in [0, 0.05) is 11.1 Å². The number of carbonyl (C=O) groups excluding carboxylic acids is 2. The van der Waals surface area contributed by atoms with E-state index in [4.69, 9.17) is 0 Å². The topological polar surface area (TPSA) is 46.2 Å². The van der Waals surface area contributed by atoms with Crippen LogP contribution in [0.15, 0.2) is 48.5 Å². The number of ketones is 2. The minimum absolute atomic E-state index is 0. The molecule has 28 heavy (non-hydrogen) atoms. The molecular weight excluding hydrogens is 391 g/mol. The lowest BCUT2D eigenvalue weighted by atomic mass is 9.63. The van der Waals surface area contributed by atoms with E-state index in [9.17, 15) is 22.8 Å². The maximum absolute atomic E-state index is 13.5. The fourth-order valence-corrected chi connectivity index (χ4v) is 4.47. The van der Waals surface area contributed by atoms with Crippen molar-refractivity contribution in [2.75, 3.05) is 13.1 Å². The van der Waals surface area contributed by atoms with Gasteiger partial charge in [-0.05, 0) is 43.5 Å². The Morgan fingerprint density at radius 2 is 1.46 bits per heavy atom. The van der Waals surface area contributed by atoms with Gasteiger partial charge in [0.2, 0.25) is 0 Å². The lowest BCUT2D eigenvalue weighted by molar-refractivity contribution is -0.137. The zero-order valence-corrected chi connectivity index (χ0v) is 15.7. The van der Waals surface area contributed by atoms with Gasteiger partial charge in [0.25, 0.3) is 0 Å². The Hall–Kier alpha value is -2.18. The SMILES string of the molecule is Cl.O=C1c2ccccc2C(=O)C1(c1cccc(C(F)(F)F)c1)C1CCNCC1. The number of carbonyl (C=O) groups is 2. The Kier molecular flexibility index (Phi) is 5.38. The highest BCUT2D eigenvalue weighted by Gasteiger charge is 2.58. The maximum Gasteiger partial charge on any atom is 0.416 e. The summed E-state index contributed by atoms with van der Waals surface area (Å²) in [6.45, 7) is 1.25. The fraction of sp³-hybridized carbons (Fsp3) is 0.333. The number of piperidine rings is 1. The number of Topliss-reactive ketones (excluding diaryl/α,β-unsaturated/α-hetero) is 2. The molecule has 1 N–H and O–H groups in total. The molecule has 0 radical (unpaired) electrons. The molecule has 3 nitrogen and oxygen atoms in total. The largest absolute Gasteiger partial charge is 0.416 e. The van der Waals surface area contributed by atoms with Crippen molar-refractivity contribution in [3.8, 4) is 0 Å². The molecule has 0 spiro atoms. The van der Waals surface area contributed by atoms with Crippen LogP contribution in [0.25, 0.3) is 0 Å². The fourth-order valence-electron chi connectivity index (χ4n) is 4.47. The van der Waals surface area contributed by atoms with Crippen molar-refractivity contribution in [1.82, 2.24) is 5.32 Å². The molecule has 2 aromatic carbocycles. The molecule has 1 aliphatic heterocycles. The third-order valence-corrected chi connectivity index (χ3v) is 5.73. The molecule has 2 aromatic rings. The second-order valence-electron chi connectivity index (χ2n) is 7.11. The van der Waals surface area contributed by atoms with Gasteiger partial charge < -0.3 is 5.32 Å².